The van der Waals surface area contributed by atoms with Crippen molar-refractivity contribution in [1.82, 2.24) is 0 Å². The smallest absolute Gasteiger partial charge is 0.119 e. The summed E-state index contributed by atoms with van der Waals surface area (Å²) in [5.41, 5.74) is 7.00. The summed E-state index contributed by atoms with van der Waals surface area (Å²) in [6.45, 7) is 8.31. The third kappa shape index (κ3) is 6.62. The molecule has 1 rings (SSSR count). The predicted octanol–water partition coefficient (Wildman–Crippen LogP) is 2.63. The first kappa shape index (κ1) is 15.0. The van der Waals surface area contributed by atoms with Gasteiger partial charge in [-0.2, -0.15) is 0 Å². The molecule has 1 unspecified atom stereocenters. The number of nitrogens with two attached hydrogens (primary N) is 1. The Morgan fingerprint density at radius 2 is 1.72 bits per heavy atom. The van der Waals surface area contributed by atoms with Crippen molar-refractivity contribution in [3.63, 3.8) is 0 Å². The Hall–Kier alpha value is -1.06. The fourth-order valence-electron chi connectivity index (χ4n) is 1.63. The summed E-state index contributed by atoms with van der Waals surface area (Å²) < 4.78 is 11.0. The molecule has 0 aliphatic rings. The summed E-state index contributed by atoms with van der Waals surface area (Å²) in [6, 6.07) is 8.29. The highest BCUT2D eigenvalue weighted by molar-refractivity contribution is 5.27. The van der Waals surface area contributed by atoms with Crippen LogP contribution in [-0.4, -0.2) is 25.9 Å². The second-order valence-corrected chi connectivity index (χ2v) is 5.14. The van der Waals surface area contributed by atoms with E-state index in [1.165, 1.54) is 5.56 Å². The van der Waals surface area contributed by atoms with E-state index in [2.05, 4.69) is 26.0 Å². The summed E-state index contributed by atoms with van der Waals surface area (Å²) in [7, 11) is 0. The lowest BCUT2D eigenvalue weighted by Gasteiger charge is -2.10. The van der Waals surface area contributed by atoms with Crippen molar-refractivity contribution < 1.29 is 9.47 Å². The molecule has 0 heterocycles. The van der Waals surface area contributed by atoms with Crippen molar-refractivity contribution in [3.05, 3.63) is 29.8 Å². The van der Waals surface area contributed by atoms with Gasteiger partial charge in [-0.05, 0) is 37.0 Å². The lowest BCUT2D eigenvalue weighted by atomic mass is 10.1. The van der Waals surface area contributed by atoms with Crippen LogP contribution in [0.2, 0.25) is 0 Å². The Morgan fingerprint density at radius 1 is 1.06 bits per heavy atom. The third-order valence-corrected chi connectivity index (χ3v) is 2.43. The molecule has 0 bridgehead atoms. The highest BCUT2D eigenvalue weighted by Gasteiger charge is 1.99. The molecule has 0 fully saturated rings. The van der Waals surface area contributed by atoms with Crippen molar-refractivity contribution in [3.8, 4) is 5.75 Å². The van der Waals surface area contributed by atoms with Crippen LogP contribution in [0.1, 0.15) is 26.3 Å². The maximum Gasteiger partial charge on any atom is 0.119 e. The summed E-state index contributed by atoms with van der Waals surface area (Å²) in [4.78, 5) is 0. The second kappa shape index (κ2) is 8.11. The largest absolute Gasteiger partial charge is 0.491 e. The molecule has 1 aromatic rings. The molecule has 2 N–H and O–H groups in total. The first-order valence-corrected chi connectivity index (χ1v) is 6.63. The standard InChI is InChI=1S/C15H25NO2/c1-12(2)11-17-8-9-18-15-6-4-14(5-7-15)10-13(3)16/h4-7,12-13H,8-11,16H2,1-3H3. The molecule has 0 radical (unpaired) electrons. The number of ether oxygens (including phenoxy) is 2. The van der Waals surface area contributed by atoms with Gasteiger partial charge < -0.3 is 15.2 Å². The Morgan fingerprint density at radius 3 is 2.28 bits per heavy atom. The van der Waals surface area contributed by atoms with Gasteiger partial charge in [0.25, 0.3) is 0 Å². The van der Waals surface area contributed by atoms with Gasteiger partial charge in [0.1, 0.15) is 12.4 Å². The summed E-state index contributed by atoms with van der Waals surface area (Å²) >= 11 is 0. The van der Waals surface area contributed by atoms with Crippen molar-refractivity contribution in [1.29, 1.82) is 0 Å². The Bertz CT molecular complexity index is 320. The van der Waals surface area contributed by atoms with Crippen LogP contribution in [0, 0.1) is 5.92 Å². The Labute approximate surface area is 110 Å². The molecule has 1 aromatic carbocycles. The van der Waals surface area contributed by atoms with E-state index < -0.39 is 0 Å². The van der Waals surface area contributed by atoms with E-state index in [0.29, 0.717) is 19.1 Å². The van der Waals surface area contributed by atoms with Crippen LogP contribution in [0.25, 0.3) is 0 Å². The molecule has 102 valence electrons. The van der Waals surface area contributed by atoms with Gasteiger partial charge in [-0.3, -0.25) is 0 Å². The number of hydrogen-bond acceptors (Lipinski definition) is 3. The van der Waals surface area contributed by atoms with Crippen LogP contribution >= 0.6 is 0 Å². The minimum atomic E-state index is 0.196. The van der Waals surface area contributed by atoms with Crippen LogP contribution < -0.4 is 10.5 Å². The molecular formula is C15H25NO2. The molecule has 3 nitrogen and oxygen atoms in total. The van der Waals surface area contributed by atoms with Gasteiger partial charge >= 0.3 is 0 Å². The normalized spacial score (nSPS) is 12.7. The van der Waals surface area contributed by atoms with Crippen molar-refractivity contribution in [2.24, 2.45) is 11.7 Å². The highest BCUT2D eigenvalue weighted by Crippen LogP contribution is 2.13. The van der Waals surface area contributed by atoms with Gasteiger partial charge in [-0.25, -0.2) is 0 Å². The van der Waals surface area contributed by atoms with Gasteiger partial charge in [0.2, 0.25) is 0 Å². The van der Waals surface area contributed by atoms with Crippen LogP contribution in [0.15, 0.2) is 24.3 Å². The molecule has 3 heteroatoms. The van der Waals surface area contributed by atoms with Crippen LogP contribution in [0.4, 0.5) is 0 Å². The van der Waals surface area contributed by atoms with Crippen molar-refractivity contribution >= 4 is 0 Å². The van der Waals surface area contributed by atoms with E-state index in [9.17, 15) is 0 Å². The summed E-state index contributed by atoms with van der Waals surface area (Å²) in [5, 5.41) is 0. The zero-order valence-corrected chi connectivity index (χ0v) is 11.7. The SMILES string of the molecule is CC(C)COCCOc1ccc(CC(C)N)cc1. The quantitative estimate of drug-likeness (QED) is 0.722. The zero-order chi connectivity index (χ0) is 13.4. The topological polar surface area (TPSA) is 44.5 Å². The fourth-order valence-corrected chi connectivity index (χ4v) is 1.63. The summed E-state index contributed by atoms with van der Waals surface area (Å²) in [5.74, 6) is 1.46. The molecule has 18 heavy (non-hydrogen) atoms. The molecule has 0 aliphatic heterocycles. The molecule has 0 aromatic heterocycles. The number of benzene rings is 1. The minimum absolute atomic E-state index is 0.196. The maximum atomic E-state index is 5.75. The van der Waals surface area contributed by atoms with E-state index in [1.54, 1.807) is 0 Å². The van der Waals surface area contributed by atoms with Crippen molar-refractivity contribution in [2.75, 3.05) is 19.8 Å². The van der Waals surface area contributed by atoms with Crippen LogP contribution in [0.3, 0.4) is 0 Å². The molecule has 0 saturated heterocycles. The lowest BCUT2D eigenvalue weighted by molar-refractivity contribution is 0.0819. The fraction of sp³-hybridized carbons (Fsp3) is 0.600. The first-order valence-electron chi connectivity index (χ1n) is 6.63. The van der Waals surface area contributed by atoms with Crippen LogP contribution in [-0.2, 0) is 11.2 Å². The molecular weight excluding hydrogens is 226 g/mol. The number of rotatable bonds is 8. The molecule has 0 spiro atoms. The van der Waals surface area contributed by atoms with Crippen molar-refractivity contribution in [2.45, 2.75) is 33.2 Å². The average Bonchev–Trinajstić information content (AvgIpc) is 2.30. The Balaban J connectivity index is 2.22. The maximum absolute atomic E-state index is 5.75. The number of hydrogen-bond donors (Lipinski definition) is 1. The highest BCUT2D eigenvalue weighted by atomic mass is 16.5. The van der Waals surface area contributed by atoms with Gasteiger partial charge in [0.15, 0.2) is 0 Å². The zero-order valence-electron chi connectivity index (χ0n) is 11.7. The molecule has 1 atom stereocenters. The minimum Gasteiger partial charge on any atom is -0.491 e. The molecule has 0 saturated carbocycles. The third-order valence-electron chi connectivity index (χ3n) is 2.43. The van der Waals surface area contributed by atoms with E-state index in [1.807, 2.05) is 19.1 Å². The second-order valence-electron chi connectivity index (χ2n) is 5.14. The van der Waals surface area contributed by atoms with E-state index >= 15 is 0 Å². The molecule has 0 aliphatic carbocycles. The van der Waals surface area contributed by atoms with Gasteiger partial charge in [0, 0.05) is 12.6 Å². The van der Waals surface area contributed by atoms with E-state index in [-0.39, 0.29) is 6.04 Å². The molecule has 0 amide bonds. The van der Waals surface area contributed by atoms with Gasteiger partial charge in [0.05, 0.1) is 6.61 Å². The Kier molecular flexibility index (Phi) is 6.76. The predicted molar refractivity (Wildman–Crippen MR) is 74.9 cm³/mol. The van der Waals surface area contributed by atoms with E-state index in [0.717, 1.165) is 18.8 Å². The average molecular weight is 251 g/mol. The van der Waals surface area contributed by atoms with Gasteiger partial charge in [-0.1, -0.05) is 26.0 Å². The van der Waals surface area contributed by atoms with Crippen LogP contribution in [0.5, 0.6) is 5.75 Å². The monoisotopic (exact) mass is 251 g/mol. The lowest BCUT2D eigenvalue weighted by Crippen LogP contribution is -2.17. The first-order chi connectivity index (χ1) is 8.58. The summed E-state index contributed by atoms with van der Waals surface area (Å²) in [6.07, 6.45) is 0.901. The van der Waals surface area contributed by atoms with Gasteiger partial charge in [-0.15, -0.1) is 0 Å². The van der Waals surface area contributed by atoms with E-state index in [4.69, 9.17) is 15.2 Å².